The second kappa shape index (κ2) is 5.72. The highest BCUT2D eigenvalue weighted by Gasteiger charge is 2.35. The van der Waals surface area contributed by atoms with E-state index in [2.05, 4.69) is 15.3 Å². The van der Waals surface area contributed by atoms with E-state index >= 15 is 0 Å². The standard InChI is InChI=1S/C10H14F3N5O/c1-15-8(19)3-4-18(2)7-5-6(14)16-9(17-7)10(11,12)13/h5H,3-4H2,1-2H3,(H,15,19)(H2,14,16,17). The lowest BCUT2D eigenvalue weighted by molar-refractivity contribution is -0.144. The largest absolute Gasteiger partial charge is 0.451 e. The highest BCUT2D eigenvalue weighted by Crippen LogP contribution is 2.28. The summed E-state index contributed by atoms with van der Waals surface area (Å²) >= 11 is 0. The molecule has 3 N–H and O–H groups in total. The maximum absolute atomic E-state index is 12.5. The van der Waals surface area contributed by atoms with E-state index in [0.717, 1.165) is 0 Å². The Morgan fingerprint density at radius 2 is 2.11 bits per heavy atom. The molecule has 0 atom stereocenters. The monoisotopic (exact) mass is 277 g/mol. The minimum absolute atomic E-state index is 0.0173. The zero-order chi connectivity index (χ0) is 14.6. The molecular weight excluding hydrogens is 263 g/mol. The summed E-state index contributed by atoms with van der Waals surface area (Å²) in [5.41, 5.74) is 5.32. The zero-order valence-electron chi connectivity index (χ0n) is 10.5. The molecule has 0 aromatic carbocycles. The van der Waals surface area contributed by atoms with Crippen LogP contribution in [0.25, 0.3) is 0 Å². The Hall–Kier alpha value is -2.06. The predicted molar refractivity (Wildman–Crippen MR) is 63.4 cm³/mol. The van der Waals surface area contributed by atoms with Gasteiger partial charge in [0, 0.05) is 33.1 Å². The molecule has 0 unspecified atom stereocenters. The maximum Gasteiger partial charge on any atom is 0.451 e. The third kappa shape index (κ3) is 4.27. The summed E-state index contributed by atoms with van der Waals surface area (Å²) in [4.78, 5) is 19.0. The molecule has 0 saturated heterocycles. The van der Waals surface area contributed by atoms with Crippen LogP contribution in [-0.4, -0.2) is 36.5 Å². The first kappa shape index (κ1) is 15.0. The van der Waals surface area contributed by atoms with Crippen LogP contribution in [0.3, 0.4) is 0 Å². The summed E-state index contributed by atoms with van der Waals surface area (Å²) in [5, 5.41) is 2.42. The first-order valence-electron chi connectivity index (χ1n) is 5.37. The van der Waals surface area contributed by atoms with Crippen molar-refractivity contribution in [2.45, 2.75) is 12.6 Å². The van der Waals surface area contributed by atoms with Gasteiger partial charge in [-0.25, -0.2) is 9.97 Å². The van der Waals surface area contributed by atoms with Crippen LogP contribution >= 0.6 is 0 Å². The Labute approximate surface area is 107 Å². The lowest BCUT2D eigenvalue weighted by Gasteiger charge is -2.19. The van der Waals surface area contributed by atoms with Crippen LogP contribution < -0.4 is 16.0 Å². The van der Waals surface area contributed by atoms with Gasteiger partial charge in [0.05, 0.1) is 0 Å². The van der Waals surface area contributed by atoms with Crippen LogP contribution in [-0.2, 0) is 11.0 Å². The van der Waals surface area contributed by atoms with Crippen molar-refractivity contribution in [1.29, 1.82) is 0 Å². The Kier molecular flexibility index (Phi) is 4.52. The third-order valence-electron chi connectivity index (χ3n) is 2.33. The fourth-order valence-electron chi connectivity index (χ4n) is 1.28. The number of nitrogens with zero attached hydrogens (tertiary/aromatic N) is 3. The number of amides is 1. The molecule has 1 aromatic heterocycles. The van der Waals surface area contributed by atoms with Crippen LogP contribution in [0.4, 0.5) is 24.8 Å². The van der Waals surface area contributed by atoms with Crippen LogP contribution in [0.2, 0.25) is 0 Å². The number of carbonyl (C=O) groups is 1. The first-order valence-corrected chi connectivity index (χ1v) is 5.37. The van der Waals surface area contributed by atoms with Gasteiger partial charge in [-0.3, -0.25) is 4.79 Å². The number of hydrogen-bond acceptors (Lipinski definition) is 5. The van der Waals surface area contributed by atoms with Crippen LogP contribution in [0.5, 0.6) is 0 Å². The third-order valence-corrected chi connectivity index (χ3v) is 2.33. The number of rotatable bonds is 4. The second-order valence-corrected chi connectivity index (χ2v) is 3.82. The average Bonchev–Trinajstić information content (AvgIpc) is 2.33. The molecule has 0 saturated carbocycles. The van der Waals surface area contributed by atoms with Crippen LogP contribution in [0, 0.1) is 0 Å². The minimum atomic E-state index is -4.66. The molecule has 0 fully saturated rings. The molecule has 1 aromatic rings. The highest BCUT2D eigenvalue weighted by atomic mass is 19.4. The Morgan fingerprint density at radius 3 is 2.63 bits per heavy atom. The Bertz CT molecular complexity index is 463. The van der Waals surface area contributed by atoms with Crippen molar-refractivity contribution in [3.63, 3.8) is 0 Å². The molecule has 0 spiro atoms. The van der Waals surface area contributed by atoms with Crippen molar-refractivity contribution in [1.82, 2.24) is 15.3 Å². The molecule has 6 nitrogen and oxygen atoms in total. The van der Waals surface area contributed by atoms with Crippen molar-refractivity contribution >= 4 is 17.5 Å². The van der Waals surface area contributed by atoms with Crippen molar-refractivity contribution in [3.8, 4) is 0 Å². The minimum Gasteiger partial charge on any atom is -0.384 e. The van der Waals surface area contributed by atoms with Gasteiger partial charge in [0.15, 0.2) is 0 Å². The van der Waals surface area contributed by atoms with Crippen molar-refractivity contribution in [2.75, 3.05) is 31.3 Å². The van der Waals surface area contributed by atoms with Crippen molar-refractivity contribution in [3.05, 3.63) is 11.9 Å². The Morgan fingerprint density at radius 1 is 1.47 bits per heavy atom. The number of aromatic nitrogens is 2. The molecular formula is C10H14F3N5O. The number of nitrogen functional groups attached to an aromatic ring is 1. The molecule has 1 rings (SSSR count). The summed E-state index contributed by atoms with van der Waals surface area (Å²) in [5.74, 6) is -1.77. The van der Waals surface area contributed by atoms with Crippen LogP contribution in [0.1, 0.15) is 12.2 Å². The second-order valence-electron chi connectivity index (χ2n) is 3.82. The number of alkyl halides is 3. The molecule has 19 heavy (non-hydrogen) atoms. The molecule has 9 heteroatoms. The van der Waals surface area contributed by atoms with Crippen molar-refractivity contribution < 1.29 is 18.0 Å². The van der Waals surface area contributed by atoms with E-state index in [9.17, 15) is 18.0 Å². The predicted octanol–water partition coefficient (Wildman–Crippen LogP) is 0.650. The van der Waals surface area contributed by atoms with E-state index in [1.165, 1.54) is 25.1 Å². The number of carbonyl (C=O) groups excluding carboxylic acids is 1. The Balaban J connectivity index is 2.88. The molecule has 0 bridgehead atoms. The molecule has 106 valence electrons. The summed E-state index contributed by atoms with van der Waals surface area (Å²) < 4.78 is 37.6. The van der Waals surface area contributed by atoms with E-state index < -0.39 is 12.0 Å². The quantitative estimate of drug-likeness (QED) is 0.844. The maximum atomic E-state index is 12.5. The average molecular weight is 277 g/mol. The molecule has 0 aliphatic carbocycles. The summed E-state index contributed by atoms with van der Waals surface area (Å²) in [7, 11) is 3.00. The molecule has 0 aliphatic rings. The smallest absolute Gasteiger partial charge is 0.384 e. The van der Waals surface area contributed by atoms with Gasteiger partial charge in [0.2, 0.25) is 11.7 Å². The van der Waals surface area contributed by atoms with Gasteiger partial charge < -0.3 is 16.0 Å². The van der Waals surface area contributed by atoms with E-state index in [1.54, 1.807) is 0 Å². The van der Waals surface area contributed by atoms with E-state index in [-0.39, 0.29) is 30.5 Å². The normalized spacial score (nSPS) is 11.2. The van der Waals surface area contributed by atoms with Crippen LogP contribution in [0.15, 0.2) is 6.07 Å². The van der Waals surface area contributed by atoms with E-state index in [4.69, 9.17) is 5.73 Å². The van der Waals surface area contributed by atoms with Gasteiger partial charge in [0.1, 0.15) is 11.6 Å². The number of anilines is 2. The molecule has 0 aliphatic heterocycles. The summed E-state index contributed by atoms with van der Waals surface area (Å²) in [6.45, 7) is 0.216. The number of nitrogens with one attached hydrogen (secondary N) is 1. The van der Waals surface area contributed by atoms with Gasteiger partial charge in [-0.2, -0.15) is 13.2 Å². The van der Waals surface area contributed by atoms with Gasteiger partial charge in [-0.15, -0.1) is 0 Å². The first-order chi connectivity index (χ1) is 8.74. The molecule has 1 heterocycles. The summed E-state index contributed by atoms with van der Waals surface area (Å²) in [6.07, 6.45) is -4.52. The van der Waals surface area contributed by atoms with Gasteiger partial charge in [0.25, 0.3) is 0 Å². The number of nitrogens with two attached hydrogens (primary N) is 1. The lowest BCUT2D eigenvalue weighted by Crippen LogP contribution is -2.27. The topological polar surface area (TPSA) is 84.1 Å². The van der Waals surface area contributed by atoms with Gasteiger partial charge in [-0.1, -0.05) is 0 Å². The number of halogens is 3. The fourth-order valence-corrected chi connectivity index (χ4v) is 1.28. The highest BCUT2D eigenvalue weighted by molar-refractivity contribution is 5.76. The molecule has 1 amide bonds. The summed E-state index contributed by atoms with van der Waals surface area (Å²) in [6, 6.07) is 1.22. The van der Waals surface area contributed by atoms with E-state index in [0.29, 0.717) is 0 Å². The van der Waals surface area contributed by atoms with Gasteiger partial charge in [-0.05, 0) is 0 Å². The fraction of sp³-hybridized carbons (Fsp3) is 0.500. The molecule has 0 radical (unpaired) electrons. The zero-order valence-corrected chi connectivity index (χ0v) is 10.5. The SMILES string of the molecule is CNC(=O)CCN(C)c1cc(N)nc(C(F)(F)F)n1. The van der Waals surface area contributed by atoms with Gasteiger partial charge >= 0.3 is 6.18 Å². The van der Waals surface area contributed by atoms with E-state index in [1.807, 2.05) is 0 Å². The lowest BCUT2D eigenvalue weighted by atomic mass is 10.3. The number of hydrogen-bond donors (Lipinski definition) is 2. The van der Waals surface area contributed by atoms with Crippen molar-refractivity contribution in [2.24, 2.45) is 0 Å².